The second kappa shape index (κ2) is 8.02. The van der Waals surface area contributed by atoms with Gasteiger partial charge in [0.2, 0.25) is 5.91 Å². The lowest BCUT2D eigenvalue weighted by Crippen LogP contribution is -2.37. The van der Waals surface area contributed by atoms with Crippen molar-refractivity contribution in [2.45, 2.75) is 19.3 Å². The molecular formula is C14H21ClN2O2. The fraction of sp³-hybridized carbons (Fsp3) is 0.500. The molecule has 1 aromatic rings. The van der Waals surface area contributed by atoms with Crippen molar-refractivity contribution in [3.05, 3.63) is 29.8 Å². The number of para-hydroxylation sites is 1. The van der Waals surface area contributed by atoms with Gasteiger partial charge in [-0.15, -0.1) is 12.4 Å². The van der Waals surface area contributed by atoms with Gasteiger partial charge in [0.1, 0.15) is 12.4 Å². The molecule has 2 rings (SSSR count). The fourth-order valence-electron chi connectivity index (χ4n) is 2.12. The first-order chi connectivity index (χ1) is 8.81. The van der Waals surface area contributed by atoms with Crippen molar-refractivity contribution in [3.63, 3.8) is 0 Å². The van der Waals surface area contributed by atoms with Gasteiger partial charge < -0.3 is 15.8 Å². The number of hydrogen-bond acceptors (Lipinski definition) is 3. The molecule has 0 fully saturated rings. The van der Waals surface area contributed by atoms with Crippen LogP contribution in [0.3, 0.4) is 0 Å². The highest BCUT2D eigenvalue weighted by Gasteiger charge is 2.25. The lowest BCUT2D eigenvalue weighted by atomic mass is 9.96. The Morgan fingerprint density at radius 1 is 1.37 bits per heavy atom. The van der Waals surface area contributed by atoms with E-state index in [0.29, 0.717) is 19.7 Å². The Bertz CT molecular complexity index is 412. The van der Waals surface area contributed by atoms with Crippen LogP contribution in [0.5, 0.6) is 5.75 Å². The first kappa shape index (κ1) is 15.8. The molecule has 0 aliphatic carbocycles. The molecule has 3 N–H and O–H groups in total. The number of rotatable bonds is 5. The number of ether oxygens (including phenoxy) is 1. The molecule has 0 bridgehead atoms. The summed E-state index contributed by atoms with van der Waals surface area (Å²) >= 11 is 0. The second-order valence-electron chi connectivity index (χ2n) is 4.61. The average molecular weight is 285 g/mol. The topological polar surface area (TPSA) is 64.3 Å². The molecule has 0 saturated heterocycles. The maximum atomic E-state index is 11.9. The van der Waals surface area contributed by atoms with E-state index < -0.39 is 0 Å². The Kier molecular flexibility index (Phi) is 6.67. The van der Waals surface area contributed by atoms with Crippen LogP contribution >= 0.6 is 12.4 Å². The van der Waals surface area contributed by atoms with Crippen molar-refractivity contribution in [3.8, 4) is 5.75 Å². The van der Waals surface area contributed by atoms with Crippen LogP contribution in [0.2, 0.25) is 0 Å². The summed E-state index contributed by atoms with van der Waals surface area (Å²) in [6.07, 6.45) is 2.65. The van der Waals surface area contributed by atoms with Gasteiger partial charge in [-0.05, 0) is 37.4 Å². The molecule has 1 aromatic carbocycles. The van der Waals surface area contributed by atoms with E-state index in [-0.39, 0.29) is 24.2 Å². The van der Waals surface area contributed by atoms with Gasteiger partial charge in [-0.25, -0.2) is 0 Å². The summed E-state index contributed by atoms with van der Waals surface area (Å²) in [4.78, 5) is 11.9. The average Bonchev–Trinajstić information content (AvgIpc) is 2.43. The Morgan fingerprint density at radius 3 is 2.95 bits per heavy atom. The predicted molar refractivity (Wildman–Crippen MR) is 77.7 cm³/mol. The molecule has 0 aromatic heterocycles. The van der Waals surface area contributed by atoms with Crippen LogP contribution in [0.4, 0.5) is 0 Å². The number of halogens is 1. The highest BCUT2D eigenvalue weighted by molar-refractivity contribution is 5.85. The molecule has 0 radical (unpaired) electrons. The predicted octanol–water partition coefficient (Wildman–Crippen LogP) is 1.51. The normalized spacial score (nSPS) is 16.8. The van der Waals surface area contributed by atoms with Crippen LogP contribution in [0, 0.1) is 5.92 Å². The fourth-order valence-corrected chi connectivity index (χ4v) is 2.12. The number of carbonyl (C=O) groups excluding carboxylic acids is 1. The lowest BCUT2D eigenvalue weighted by molar-refractivity contribution is -0.126. The van der Waals surface area contributed by atoms with Crippen LogP contribution < -0.4 is 15.8 Å². The summed E-state index contributed by atoms with van der Waals surface area (Å²) in [5.74, 6) is 0.920. The third-order valence-electron chi connectivity index (χ3n) is 3.18. The highest BCUT2D eigenvalue weighted by Crippen LogP contribution is 2.26. The molecular weight excluding hydrogens is 264 g/mol. The van der Waals surface area contributed by atoms with Gasteiger partial charge in [0, 0.05) is 6.54 Å². The molecule has 1 atom stereocenters. The molecule has 106 valence electrons. The largest absolute Gasteiger partial charge is 0.492 e. The van der Waals surface area contributed by atoms with Crippen LogP contribution in [0.25, 0.3) is 0 Å². The summed E-state index contributed by atoms with van der Waals surface area (Å²) in [5, 5.41) is 2.94. The maximum Gasteiger partial charge on any atom is 0.226 e. The van der Waals surface area contributed by atoms with Crippen LogP contribution in [-0.2, 0) is 11.2 Å². The number of unbranched alkanes of at least 4 members (excludes halogenated alkanes) is 1. The van der Waals surface area contributed by atoms with Gasteiger partial charge in [0.25, 0.3) is 0 Å². The standard InChI is InChI=1S/C14H20N2O2.ClH/c15-7-3-4-8-16-14(17)12-9-11-5-1-2-6-13(11)18-10-12;/h1-2,5-6,12H,3-4,7-10,15H2,(H,16,17);1H. The second-order valence-corrected chi connectivity index (χ2v) is 4.61. The Balaban J connectivity index is 0.00000180. The van der Waals surface area contributed by atoms with Crippen LogP contribution in [-0.4, -0.2) is 25.6 Å². The highest BCUT2D eigenvalue weighted by atomic mass is 35.5. The zero-order chi connectivity index (χ0) is 12.8. The lowest BCUT2D eigenvalue weighted by Gasteiger charge is -2.24. The van der Waals surface area contributed by atoms with Crippen molar-refractivity contribution in [1.29, 1.82) is 0 Å². The zero-order valence-electron chi connectivity index (χ0n) is 10.9. The molecule has 1 unspecified atom stereocenters. The van der Waals surface area contributed by atoms with E-state index in [0.717, 1.165) is 30.6 Å². The molecule has 1 aliphatic heterocycles. The number of nitrogens with two attached hydrogens (primary N) is 1. The van der Waals surface area contributed by atoms with E-state index in [9.17, 15) is 4.79 Å². The minimum Gasteiger partial charge on any atom is -0.492 e. The smallest absolute Gasteiger partial charge is 0.226 e. The van der Waals surface area contributed by atoms with Crippen LogP contribution in [0.1, 0.15) is 18.4 Å². The first-order valence-electron chi connectivity index (χ1n) is 6.49. The van der Waals surface area contributed by atoms with E-state index in [4.69, 9.17) is 10.5 Å². The number of benzene rings is 1. The number of carbonyl (C=O) groups is 1. The summed E-state index contributed by atoms with van der Waals surface area (Å²) in [6, 6.07) is 7.89. The third kappa shape index (κ3) is 4.40. The summed E-state index contributed by atoms with van der Waals surface area (Å²) in [7, 11) is 0. The first-order valence-corrected chi connectivity index (χ1v) is 6.49. The summed E-state index contributed by atoms with van der Waals surface area (Å²) in [6.45, 7) is 1.85. The van der Waals surface area contributed by atoms with E-state index in [2.05, 4.69) is 5.32 Å². The number of hydrogen-bond donors (Lipinski definition) is 2. The molecule has 1 aliphatic rings. The Morgan fingerprint density at radius 2 is 2.16 bits per heavy atom. The van der Waals surface area contributed by atoms with Gasteiger partial charge in [-0.3, -0.25) is 4.79 Å². The van der Waals surface area contributed by atoms with E-state index in [1.165, 1.54) is 0 Å². The molecule has 19 heavy (non-hydrogen) atoms. The quantitative estimate of drug-likeness (QED) is 0.806. The molecule has 0 saturated carbocycles. The number of fused-ring (bicyclic) bond motifs is 1. The van der Waals surface area contributed by atoms with Crippen molar-refractivity contribution in [2.75, 3.05) is 19.7 Å². The van der Waals surface area contributed by atoms with Gasteiger partial charge in [0.05, 0.1) is 5.92 Å². The molecule has 1 heterocycles. The van der Waals surface area contributed by atoms with Crippen molar-refractivity contribution < 1.29 is 9.53 Å². The third-order valence-corrected chi connectivity index (χ3v) is 3.18. The van der Waals surface area contributed by atoms with Gasteiger partial charge in [0.15, 0.2) is 0 Å². The van der Waals surface area contributed by atoms with Crippen molar-refractivity contribution >= 4 is 18.3 Å². The molecule has 1 amide bonds. The van der Waals surface area contributed by atoms with Gasteiger partial charge >= 0.3 is 0 Å². The zero-order valence-corrected chi connectivity index (χ0v) is 11.7. The molecule has 0 spiro atoms. The molecule has 4 nitrogen and oxygen atoms in total. The van der Waals surface area contributed by atoms with E-state index in [1.807, 2.05) is 24.3 Å². The Labute approximate surface area is 120 Å². The van der Waals surface area contributed by atoms with Crippen molar-refractivity contribution in [2.24, 2.45) is 11.7 Å². The minimum atomic E-state index is -0.0715. The SMILES string of the molecule is Cl.NCCCCNC(=O)C1COc2ccccc2C1. The van der Waals surface area contributed by atoms with Crippen molar-refractivity contribution in [1.82, 2.24) is 5.32 Å². The Hall–Kier alpha value is -1.26. The number of amides is 1. The summed E-state index contributed by atoms with van der Waals surface area (Å²) < 4.78 is 5.60. The maximum absolute atomic E-state index is 11.9. The number of nitrogens with one attached hydrogen (secondary N) is 1. The monoisotopic (exact) mass is 284 g/mol. The minimum absolute atomic E-state index is 0. The summed E-state index contributed by atoms with van der Waals surface area (Å²) in [5.41, 5.74) is 6.53. The molecule has 5 heteroatoms. The van der Waals surface area contributed by atoms with Crippen LogP contribution in [0.15, 0.2) is 24.3 Å². The van der Waals surface area contributed by atoms with E-state index >= 15 is 0 Å². The van der Waals surface area contributed by atoms with Gasteiger partial charge in [-0.2, -0.15) is 0 Å². The van der Waals surface area contributed by atoms with E-state index in [1.54, 1.807) is 0 Å². The van der Waals surface area contributed by atoms with Gasteiger partial charge in [-0.1, -0.05) is 18.2 Å².